The van der Waals surface area contributed by atoms with Crippen LogP contribution in [0.4, 0.5) is 0 Å². The van der Waals surface area contributed by atoms with Gasteiger partial charge in [-0.15, -0.1) is 6.58 Å². The summed E-state index contributed by atoms with van der Waals surface area (Å²) in [5.74, 6) is 0.262. The van der Waals surface area contributed by atoms with Crippen molar-refractivity contribution in [3.63, 3.8) is 0 Å². The molecule has 1 atom stereocenters. The van der Waals surface area contributed by atoms with Crippen LogP contribution in [-0.4, -0.2) is 10.8 Å². The van der Waals surface area contributed by atoms with Gasteiger partial charge in [-0.25, -0.2) is 0 Å². The molecule has 1 aromatic heterocycles. The number of nitrogens with zero attached hydrogens (tertiary/aromatic N) is 1. The van der Waals surface area contributed by atoms with Crippen LogP contribution in [0, 0.1) is 5.92 Å². The van der Waals surface area contributed by atoms with E-state index in [1.54, 1.807) is 12.3 Å². The highest BCUT2D eigenvalue weighted by atomic mass is 16.1. The molecule has 0 bridgehead atoms. The molecule has 0 saturated carbocycles. The predicted molar refractivity (Wildman–Crippen MR) is 50.6 cm³/mol. The number of allylic oxidation sites excluding steroid dienone is 1. The fourth-order valence-electron chi connectivity index (χ4n) is 1.77. The highest BCUT2D eigenvalue weighted by molar-refractivity contribution is 6.00. The number of carbonyl (C=O) groups is 1. The van der Waals surface area contributed by atoms with Gasteiger partial charge in [0.15, 0.2) is 5.78 Å². The summed E-state index contributed by atoms with van der Waals surface area (Å²) in [5.41, 5.74) is 1.74. The lowest BCUT2D eigenvalue weighted by Gasteiger charge is -2.00. The SMILES string of the molecule is C=CCC1Cc2cccnc2C1=O. The van der Waals surface area contributed by atoms with E-state index >= 15 is 0 Å². The molecule has 0 N–H and O–H groups in total. The molecule has 1 aliphatic carbocycles. The summed E-state index contributed by atoms with van der Waals surface area (Å²) in [7, 11) is 0. The molecule has 0 saturated heterocycles. The molecule has 1 heterocycles. The van der Waals surface area contributed by atoms with Gasteiger partial charge in [0.25, 0.3) is 0 Å². The van der Waals surface area contributed by atoms with E-state index in [1.807, 2.05) is 12.1 Å². The molecular formula is C11H11NO. The van der Waals surface area contributed by atoms with E-state index in [9.17, 15) is 4.79 Å². The third kappa shape index (κ3) is 1.28. The van der Waals surface area contributed by atoms with Gasteiger partial charge in [0.2, 0.25) is 0 Å². The molecule has 0 aromatic carbocycles. The van der Waals surface area contributed by atoms with Crippen LogP contribution in [-0.2, 0) is 6.42 Å². The van der Waals surface area contributed by atoms with Gasteiger partial charge >= 0.3 is 0 Å². The molecule has 0 radical (unpaired) electrons. The Morgan fingerprint density at radius 1 is 1.69 bits per heavy atom. The first-order valence-electron chi connectivity index (χ1n) is 4.42. The van der Waals surface area contributed by atoms with Crippen molar-refractivity contribution in [2.75, 3.05) is 0 Å². The van der Waals surface area contributed by atoms with Gasteiger partial charge in [-0.1, -0.05) is 12.1 Å². The first-order chi connectivity index (χ1) is 6.33. The quantitative estimate of drug-likeness (QED) is 0.640. The Hall–Kier alpha value is -1.44. The van der Waals surface area contributed by atoms with Gasteiger partial charge in [0.05, 0.1) is 0 Å². The number of hydrogen-bond acceptors (Lipinski definition) is 2. The van der Waals surface area contributed by atoms with Crippen molar-refractivity contribution in [1.29, 1.82) is 0 Å². The smallest absolute Gasteiger partial charge is 0.185 e. The van der Waals surface area contributed by atoms with Crippen molar-refractivity contribution >= 4 is 5.78 Å². The van der Waals surface area contributed by atoms with E-state index in [-0.39, 0.29) is 11.7 Å². The monoisotopic (exact) mass is 173 g/mol. The second-order valence-electron chi connectivity index (χ2n) is 3.30. The normalized spacial score (nSPS) is 20.0. The molecule has 13 heavy (non-hydrogen) atoms. The summed E-state index contributed by atoms with van der Waals surface area (Å²) in [4.78, 5) is 15.8. The maximum atomic E-state index is 11.7. The van der Waals surface area contributed by atoms with Crippen LogP contribution >= 0.6 is 0 Å². The Morgan fingerprint density at radius 2 is 2.54 bits per heavy atom. The summed E-state index contributed by atoms with van der Waals surface area (Å²) >= 11 is 0. The molecule has 2 rings (SSSR count). The maximum Gasteiger partial charge on any atom is 0.185 e. The minimum Gasteiger partial charge on any atom is -0.292 e. The van der Waals surface area contributed by atoms with E-state index in [2.05, 4.69) is 11.6 Å². The number of pyridine rings is 1. The second kappa shape index (κ2) is 3.13. The third-order valence-electron chi connectivity index (χ3n) is 2.41. The van der Waals surface area contributed by atoms with Crippen LogP contribution in [0.5, 0.6) is 0 Å². The van der Waals surface area contributed by atoms with E-state index < -0.39 is 0 Å². The first-order valence-corrected chi connectivity index (χ1v) is 4.42. The van der Waals surface area contributed by atoms with Crippen LogP contribution in [0.2, 0.25) is 0 Å². The third-order valence-corrected chi connectivity index (χ3v) is 2.41. The number of hydrogen-bond donors (Lipinski definition) is 0. The van der Waals surface area contributed by atoms with Crippen LogP contribution in [0.25, 0.3) is 0 Å². The zero-order chi connectivity index (χ0) is 9.26. The van der Waals surface area contributed by atoms with E-state index in [0.29, 0.717) is 5.69 Å². The molecule has 2 heteroatoms. The zero-order valence-corrected chi connectivity index (χ0v) is 7.36. The summed E-state index contributed by atoms with van der Waals surface area (Å²) in [6, 6.07) is 3.85. The Kier molecular flexibility index (Phi) is 1.97. The van der Waals surface area contributed by atoms with Gasteiger partial charge in [0, 0.05) is 12.1 Å². The highest BCUT2D eigenvalue weighted by Crippen LogP contribution is 2.26. The lowest BCUT2D eigenvalue weighted by molar-refractivity contribution is 0.0933. The Morgan fingerprint density at radius 3 is 3.23 bits per heavy atom. The highest BCUT2D eigenvalue weighted by Gasteiger charge is 2.29. The number of aromatic nitrogens is 1. The van der Waals surface area contributed by atoms with E-state index in [1.165, 1.54) is 0 Å². The second-order valence-corrected chi connectivity index (χ2v) is 3.30. The summed E-state index contributed by atoms with van der Waals surface area (Å²) < 4.78 is 0. The molecule has 0 spiro atoms. The average molecular weight is 173 g/mol. The molecule has 66 valence electrons. The summed E-state index contributed by atoms with van der Waals surface area (Å²) in [5, 5.41) is 0. The summed E-state index contributed by atoms with van der Waals surface area (Å²) in [6.45, 7) is 3.65. The standard InChI is InChI=1S/C11H11NO/c1-2-4-9-7-8-5-3-6-12-10(8)11(9)13/h2-3,5-6,9H,1,4,7H2. The van der Waals surface area contributed by atoms with Crippen molar-refractivity contribution < 1.29 is 4.79 Å². The molecule has 1 aromatic rings. The van der Waals surface area contributed by atoms with Crippen molar-refractivity contribution in [1.82, 2.24) is 4.98 Å². The average Bonchev–Trinajstić information content (AvgIpc) is 2.46. The number of Topliss-reactive ketones (excluding diaryl/α,β-unsaturated/α-hetero) is 1. The van der Waals surface area contributed by atoms with Crippen molar-refractivity contribution in [2.45, 2.75) is 12.8 Å². The lowest BCUT2D eigenvalue weighted by Crippen LogP contribution is -2.08. The molecule has 1 unspecified atom stereocenters. The van der Waals surface area contributed by atoms with E-state index in [0.717, 1.165) is 18.4 Å². The number of carbonyl (C=O) groups excluding carboxylic acids is 1. The van der Waals surface area contributed by atoms with Crippen molar-refractivity contribution in [3.8, 4) is 0 Å². The molecule has 0 amide bonds. The largest absolute Gasteiger partial charge is 0.292 e. The van der Waals surface area contributed by atoms with Crippen LogP contribution in [0.15, 0.2) is 31.0 Å². The van der Waals surface area contributed by atoms with Crippen molar-refractivity contribution in [2.24, 2.45) is 5.92 Å². The predicted octanol–water partition coefficient (Wildman–Crippen LogP) is 2.01. The van der Waals surface area contributed by atoms with Gasteiger partial charge in [-0.3, -0.25) is 9.78 Å². The van der Waals surface area contributed by atoms with Gasteiger partial charge in [-0.05, 0) is 24.5 Å². The van der Waals surface area contributed by atoms with Crippen LogP contribution in [0.3, 0.4) is 0 Å². The Balaban J connectivity index is 2.32. The molecule has 0 fully saturated rings. The number of fused-ring (bicyclic) bond motifs is 1. The van der Waals surface area contributed by atoms with Gasteiger partial charge in [0.1, 0.15) is 5.69 Å². The molecular weight excluding hydrogens is 162 g/mol. The zero-order valence-electron chi connectivity index (χ0n) is 7.36. The Labute approximate surface area is 77.3 Å². The van der Waals surface area contributed by atoms with Gasteiger partial charge in [-0.2, -0.15) is 0 Å². The number of ketones is 1. The van der Waals surface area contributed by atoms with Crippen molar-refractivity contribution in [3.05, 3.63) is 42.2 Å². The van der Waals surface area contributed by atoms with Crippen LogP contribution < -0.4 is 0 Å². The lowest BCUT2D eigenvalue weighted by atomic mass is 10.0. The molecule has 1 aliphatic rings. The van der Waals surface area contributed by atoms with E-state index in [4.69, 9.17) is 0 Å². The maximum absolute atomic E-state index is 11.7. The topological polar surface area (TPSA) is 30.0 Å². The minimum absolute atomic E-state index is 0.0856. The fraction of sp³-hybridized carbons (Fsp3) is 0.273. The number of rotatable bonds is 2. The minimum atomic E-state index is 0.0856. The van der Waals surface area contributed by atoms with Crippen LogP contribution in [0.1, 0.15) is 22.5 Å². The van der Waals surface area contributed by atoms with Gasteiger partial charge < -0.3 is 0 Å². The Bertz CT molecular complexity index is 357. The first kappa shape index (κ1) is 8.17. The summed E-state index contributed by atoms with van der Waals surface area (Å²) in [6.07, 6.45) is 5.06. The molecule has 0 aliphatic heterocycles. The fourth-order valence-corrected chi connectivity index (χ4v) is 1.77. The molecule has 2 nitrogen and oxygen atoms in total.